The summed E-state index contributed by atoms with van der Waals surface area (Å²) in [5.41, 5.74) is 0.545. The highest BCUT2D eigenvalue weighted by Gasteiger charge is 2.36. The lowest BCUT2D eigenvalue weighted by Gasteiger charge is -2.34. The molecule has 0 spiro atoms. The second-order valence-electron chi connectivity index (χ2n) is 10.4. The Morgan fingerprint density at radius 2 is 1.36 bits per heavy atom. The van der Waals surface area contributed by atoms with Gasteiger partial charge in [-0.3, -0.25) is 13.9 Å². The third-order valence-corrected chi connectivity index (χ3v) is 9.08. The number of amides is 2. The minimum atomic E-state index is -4.44. The number of carbonyl (C=O) groups excluding carboxylic acids is 2. The lowest BCUT2D eigenvalue weighted by Crippen LogP contribution is -2.54. The summed E-state index contributed by atoms with van der Waals surface area (Å²) in [5.74, 6) is -2.72. The first kappa shape index (κ1) is 32.3. The fourth-order valence-electron chi connectivity index (χ4n) is 4.69. The highest BCUT2D eigenvalue weighted by atomic mass is 32.2. The van der Waals surface area contributed by atoms with Crippen LogP contribution in [0.25, 0.3) is 0 Å². The summed E-state index contributed by atoms with van der Waals surface area (Å²) in [4.78, 5) is 29.1. The van der Waals surface area contributed by atoms with Gasteiger partial charge in [0.05, 0.1) is 10.6 Å². The van der Waals surface area contributed by atoms with E-state index in [0.29, 0.717) is 10.7 Å². The lowest BCUT2D eigenvalue weighted by molar-refractivity contribution is -0.140. The van der Waals surface area contributed by atoms with Crippen LogP contribution in [0.2, 0.25) is 0 Å². The van der Waals surface area contributed by atoms with Gasteiger partial charge in [-0.25, -0.2) is 17.2 Å². The number of sulfonamides is 1. The van der Waals surface area contributed by atoms with Crippen LogP contribution < -0.4 is 9.62 Å². The molecule has 0 fully saturated rings. The summed E-state index contributed by atoms with van der Waals surface area (Å²) in [7, 11) is -4.44. The van der Waals surface area contributed by atoms with Crippen molar-refractivity contribution in [3.05, 3.63) is 132 Å². The zero-order chi connectivity index (χ0) is 31.7. The fourth-order valence-corrected chi connectivity index (χ4v) is 6.14. The van der Waals surface area contributed by atoms with Gasteiger partial charge in [0.1, 0.15) is 24.2 Å². The van der Waals surface area contributed by atoms with Crippen LogP contribution in [-0.4, -0.2) is 43.8 Å². The van der Waals surface area contributed by atoms with Gasteiger partial charge in [0.15, 0.2) is 0 Å². The van der Waals surface area contributed by atoms with Crippen molar-refractivity contribution in [1.29, 1.82) is 0 Å². The zero-order valence-electron chi connectivity index (χ0n) is 24.6. The van der Waals surface area contributed by atoms with Crippen molar-refractivity contribution in [3.8, 4) is 0 Å². The lowest BCUT2D eigenvalue weighted by atomic mass is 10.0. The molecule has 7 nitrogen and oxygen atoms in total. The number of benzene rings is 4. The topological polar surface area (TPSA) is 86.8 Å². The maximum atomic E-state index is 15.1. The number of halogens is 2. The van der Waals surface area contributed by atoms with E-state index in [1.165, 1.54) is 65.6 Å². The van der Waals surface area contributed by atoms with E-state index in [1.807, 2.05) is 19.9 Å². The van der Waals surface area contributed by atoms with Gasteiger partial charge in [0.25, 0.3) is 10.0 Å². The second kappa shape index (κ2) is 14.7. The van der Waals surface area contributed by atoms with Gasteiger partial charge in [0.2, 0.25) is 11.8 Å². The summed E-state index contributed by atoms with van der Waals surface area (Å²) in [6.45, 7) is 2.56. The summed E-state index contributed by atoms with van der Waals surface area (Å²) < 4.78 is 58.6. The van der Waals surface area contributed by atoms with E-state index in [0.717, 1.165) is 11.6 Å². The summed E-state index contributed by atoms with van der Waals surface area (Å²) in [6, 6.07) is 26.1. The molecular formula is C34H35F2N3O4S. The highest BCUT2D eigenvalue weighted by Crippen LogP contribution is 2.27. The van der Waals surface area contributed by atoms with Crippen LogP contribution in [0, 0.1) is 11.6 Å². The Balaban J connectivity index is 1.82. The average Bonchev–Trinajstić information content (AvgIpc) is 3.03. The molecule has 0 bridgehead atoms. The Morgan fingerprint density at radius 3 is 1.98 bits per heavy atom. The molecule has 4 aromatic carbocycles. The minimum absolute atomic E-state index is 0.0778. The quantitative estimate of drug-likeness (QED) is 0.208. The number of para-hydroxylation sites is 1. The Labute approximate surface area is 257 Å². The van der Waals surface area contributed by atoms with E-state index in [2.05, 4.69) is 5.32 Å². The fraction of sp³-hybridized carbons (Fsp3) is 0.235. The number of nitrogens with zero attached hydrogens (tertiary/aromatic N) is 2. The van der Waals surface area contributed by atoms with E-state index in [9.17, 15) is 22.4 Å². The van der Waals surface area contributed by atoms with E-state index < -0.39 is 46.1 Å². The van der Waals surface area contributed by atoms with E-state index in [1.54, 1.807) is 36.4 Å². The molecule has 0 heterocycles. The van der Waals surface area contributed by atoms with Gasteiger partial charge in [-0.05, 0) is 49.2 Å². The predicted octanol–water partition coefficient (Wildman–Crippen LogP) is 5.71. The van der Waals surface area contributed by atoms with Crippen molar-refractivity contribution >= 4 is 27.5 Å². The number of hydrogen-bond donors (Lipinski definition) is 1. The zero-order valence-corrected chi connectivity index (χ0v) is 25.4. The Morgan fingerprint density at radius 1 is 0.795 bits per heavy atom. The Hall–Kier alpha value is -4.57. The molecule has 0 saturated heterocycles. The molecule has 10 heteroatoms. The van der Waals surface area contributed by atoms with Crippen LogP contribution in [-0.2, 0) is 32.6 Å². The normalized spacial score (nSPS) is 12.6. The highest BCUT2D eigenvalue weighted by molar-refractivity contribution is 7.92. The number of anilines is 1. The van der Waals surface area contributed by atoms with Gasteiger partial charge < -0.3 is 10.2 Å². The standard InChI is InChI=1S/C34H35F2N3O4S/c1-3-25(2)37-34(41)32(22-26-14-6-4-7-15-26)38(23-27-16-10-11-19-29(27)35)33(40)24-39(31-21-13-12-20-30(31)36)44(42,43)28-17-8-5-9-18-28/h4-21,25,32H,3,22-24H2,1-2H3,(H,37,41)/t25-,32+/m1/s1. The Kier molecular flexibility index (Phi) is 10.8. The first-order valence-corrected chi connectivity index (χ1v) is 15.7. The summed E-state index contributed by atoms with van der Waals surface area (Å²) in [6.07, 6.45) is 0.704. The maximum Gasteiger partial charge on any atom is 0.264 e. The van der Waals surface area contributed by atoms with Crippen LogP contribution in [0.5, 0.6) is 0 Å². The number of hydrogen-bond acceptors (Lipinski definition) is 4. The molecule has 4 aromatic rings. The first-order valence-electron chi connectivity index (χ1n) is 14.3. The van der Waals surface area contributed by atoms with Crippen molar-refractivity contribution in [2.75, 3.05) is 10.8 Å². The molecule has 0 aliphatic rings. The largest absolute Gasteiger partial charge is 0.352 e. The third kappa shape index (κ3) is 7.87. The molecule has 1 N–H and O–H groups in total. The SMILES string of the molecule is CC[C@@H](C)NC(=O)[C@H](Cc1ccccc1)N(Cc1ccccc1F)C(=O)CN(c1ccccc1F)S(=O)(=O)c1ccccc1. The molecule has 2 atom stereocenters. The number of rotatable bonds is 13. The van der Waals surface area contributed by atoms with E-state index in [-0.39, 0.29) is 35.2 Å². The van der Waals surface area contributed by atoms with Crippen molar-refractivity contribution < 1.29 is 26.8 Å². The molecule has 4 rings (SSSR count). The molecule has 0 unspecified atom stereocenters. The van der Waals surface area contributed by atoms with Crippen LogP contribution >= 0.6 is 0 Å². The maximum absolute atomic E-state index is 15.1. The van der Waals surface area contributed by atoms with Crippen LogP contribution in [0.3, 0.4) is 0 Å². The molecule has 44 heavy (non-hydrogen) atoms. The van der Waals surface area contributed by atoms with Crippen molar-refractivity contribution in [3.63, 3.8) is 0 Å². The third-order valence-electron chi connectivity index (χ3n) is 7.30. The summed E-state index contributed by atoms with van der Waals surface area (Å²) >= 11 is 0. The Bertz CT molecular complexity index is 1670. The van der Waals surface area contributed by atoms with Gasteiger partial charge in [-0.1, -0.05) is 85.8 Å². The first-order chi connectivity index (χ1) is 21.1. The van der Waals surface area contributed by atoms with Crippen molar-refractivity contribution in [1.82, 2.24) is 10.2 Å². The smallest absolute Gasteiger partial charge is 0.264 e. The van der Waals surface area contributed by atoms with Gasteiger partial charge in [-0.2, -0.15) is 0 Å². The molecular weight excluding hydrogens is 584 g/mol. The van der Waals surface area contributed by atoms with Crippen LogP contribution in [0.1, 0.15) is 31.4 Å². The van der Waals surface area contributed by atoms with Gasteiger partial charge in [-0.15, -0.1) is 0 Å². The summed E-state index contributed by atoms with van der Waals surface area (Å²) in [5, 5.41) is 2.92. The minimum Gasteiger partial charge on any atom is -0.352 e. The van der Waals surface area contributed by atoms with Gasteiger partial charge >= 0.3 is 0 Å². The second-order valence-corrected chi connectivity index (χ2v) is 12.3. The van der Waals surface area contributed by atoms with Crippen molar-refractivity contribution in [2.45, 2.75) is 50.2 Å². The van der Waals surface area contributed by atoms with Crippen molar-refractivity contribution in [2.24, 2.45) is 0 Å². The van der Waals surface area contributed by atoms with E-state index >= 15 is 4.39 Å². The molecule has 0 radical (unpaired) electrons. The molecule has 230 valence electrons. The molecule has 0 aliphatic heterocycles. The van der Waals surface area contributed by atoms with Gasteiger partial charge in [0, 0.05) is 24.6 Å². The molecule has 0 aliphatic carbocycles. The monoisotopic (exact) mass is 619 g/mol. The molecule has 2 amide bonds. The van der Waals surface area contributed by atoms with Crippen LogP contribution in [0.4, 0.5) is 14.5 Å². The number of nitrogens with one attached hydrogen (secondary N) is 1. The molecule has 0 aromatic heterocycles. The predicted molar refractivity (Wildman–Crippen MR) is 166 cm³/mol. The molecule has 0 saturated carbocycles. The van der Waals surface area contributed by atoms with Crippen LogP contribution in [0.15, 0.2) is 114 Å². The average molecular weight is 620 g/mol. The van der Waals surface area contributed by atoms with E-state index in [4.69, 9.17) is 0 Å². The number of carbonyl (C=O) groups is 2.